The molecule has 0 radical (unpaired) electrons. The van der Waals surface area contributed by atoms with Crippen LogP contribution in [0.3, 0.4) is 0 Å². The van der Waals surface area contributed by atoms with Gasteiger partial charge >= 0.3 is 0 Å². The van der Waals surface area contributed by atoms with E-state index >= 15 is 0 Å². The minimum absolute atomic E-state index is 0.0347. The number of anilines is 1. The fourth-order valence-electron chi connectivity index (χ4n) is 1.34. The first-order chi connectivity index (χ1) is 10.6. The number of carbonyl (C=O) groups excluding carboxylic acids is 1. The number of nitrogen functional groups attached to an aromatic ring is 1. The second kappa shape index (κ2) is 9.19. The van der Waals surface area contributed by atoms with Crippen molar-refractivity contribution < 1.29 is 15.0 Å². The predicted octanol–water partition coefficient (Wildman–Crippen LogP) is 1.83. The molecule has 0 unspecified atom stereocenters. The molecule has 3 aromatic rings. The smallest absolute Gasteiger partial charge is 0.179 e. The van der Waals surface area contributed by atoms with E-state index in [9.17, 15) is 5.11 Å². The summed E-state index contributed by atoms with van der Waals surface area (Å²) in [6.45, 7) is 0. The van der Waals surface area contributed by atoms with E-state index in [2.05, 4.69) is 9.97 Å². The molecular weight excluding hydrogens is 308 g/mol. The van der Waals surface area contributed by atoms with E-state index in [0.29, 0.717) is 11.9 Å². The predicted molar refractivity (Wildman–Crippen MR) is 84.0 cm³/mol. The Hall–Kier alpha value is -2.80. The summed E-state index contributed by atoms with van der Waals surface area (Å²) in [6.07, 6.45) is 7.43. The van der Waals surface area contributed by atoms with E-state index in [1.54, 1.807) is 35.0 Å². The number of nitrogens with zero attached hydrogens (tertiary/aromatic N) is 3. The van der Waals surface area contributed by atoms with Crippen LogP contribution in [0.5, 0.6) is 11.5 Å². The Labute approximate surface area is 131 Å². The Kier molecular flexibility index (Phi) is 7.21. The van der Waals surface area contributed by atoms with Gasteiger partial charge in [-0.2, -0.15) is 0 Å². The molecule has 0 amide bonds. The van der Waals surface area contributed by atoms with Crippen molar-refractivity contribution in [3.8, 4) is 11.5 Å². The molecule has 116 valence electrons. The van der Waals surface area contributed by atoms with E-state index in [1.165, 1.54) is 12.3 Å². The summed E-state index contributed by atoms with van der Waals surface area (Å²) in [4.78, 5) is 16.6. The third kappa shape index (κ3) is 5.29. The Morgan fingerprint density at radius 3 is 2.32 bits per heavy atom. The van der Waals surface area contributed by atoms with Crippen LogP contribution in [0.1, 0.15) is 0 Å². The van der Waals surface area contributed by atoms with Gasteiger partial charge in [0.05, 0.1) is 5.88 Å². The lowest BCUT2D eigenvalue weighted by atomic mass is 10.4. The van der Waals surface area contributed by atoms with Crippen LogP contribution in [0.2, 0.25) is 0 Å². The van der Waals surface area contributed by atoms with Crippen molar-refractivity contribution in [3.05, 3.63) is 49.1 Å². The highest BCUT2D eigenvalue weighted by Crippen LogP contribution is 2.14. The number of hydrogen-bond acceptors (Lipinski definition) is 6. The second-order valence-corrected chi connectivity index (χ2v) is 4.09. The number of pyridine rings is 2. The van der Waals surface area contributed by atoms with Gasteiger partial charge in [-0.3, -0.25) is 0 Å². The topological polar surface area (TPSA) is 114 Å². The van der Waals surface area contributed by atoms with Gasteiger partial charge in [0.2, 0.25) is 0 Å². The second-order valence-electron chi connectivity index (χ2n) is 3.78. The van der Waals surface area contributed by atoms with Crippen molar-refractivity contribution in [1.82, 2.24) is 14.4 Å². The van der Waals surface area contributed by atoms with Crippen molar-refractivity contribution in [1.29, 1.82) is 0 Å². The SMILES string of the molecule is Nc1ncccc1O.O=CCCl.Oc1cccn2ccnc12. The van der Waals surface area contributed by atoms with Crippen LogP contribution in [-0.2, 0) is 4.79 Å². The molecule has 0 aliphatic rings. The molecule has 0 aliphatic heterocycles. The van der Waals surface area contributed by atoms with Gasteiger partial charge in [-0.05, 0) is 24.3 Å². The first kappa shape index (κ1) is 17.3. The Bertz CT molecular complexity index is 697. The Morgan fingerprint density at radius 2 is 1.82 bits per heavy atom. The zero-order valence-corrected chi connectivity index (χ0v) is 12.3. The van der Waals surface area contributed by atoms with E-state index in [0.717, 1.165) is 0 Å². The van der Waals surface area contributed by atoms with Crippen molar-refractivity contribution in [2.24, 2.45) is 0 Å². The maximum absolute atomic E-state index is 9.18. The molecule has 8 heteroatoms. The lowest BCUT2D eigenvalue weighted by Crippen LogP contribution is -1.87. The highest BCUT2D eigenvalue weighted by molar-refractivity contribution is 6.24. The zero-order chi connectivity index (χ0) is 16.4. The molecule has 4 N–H and O–H groups in total. The van der Waals surface area contributed by atoms with Crippen molar-refractivity contribution >= 4 is 29.4 Å². The van der Waals surface area contributed by atoms with Gasteiger partial charge in [-0.25, -0.2) is 9.97 Å². The third-order valence-electron chi connectivity index (χ3n) is 2.28. The maximum Gasteiger partial charge on any atom is 0.179 e. The summed E-state index contributed by atoms with van der Waals surface area (Å²) in [5.74, 6) is 0.535. The maximum atomic E-state index is 9.18. The van der Waals surface area contributed by atoms with Crippen LogP contribution in [0, 0.1) is 0 Å². The number of aromatic nitrogens is 3. The van der Waals surface area contributed by atoms with Crippen molar-refractivity contribution in [2.75, 3.05) is 11.6 Å². The number of aromatic hydroxyl groups is 2. The fraction of sp³-hybridized carbons (Fsp3) is 0.0714. The summed E-state index contributed by atoms with van der Waals surface area (Å²) >= 11 is 4.82. The summed E-state index contributed by atoms with van der Waals surface area (Å²) in [6, 6.07) is 6.49. The average molecular weight is 323 g/mol. The molecule has 3 heterocycles. The molecule has 0 bridgehead atoms. The summed E-state index contributed by atoms with van der Waals surface area (Å²) < 4.78 is 1.76. The van der Waals surface area contributed by atoms with Gasteiger partial charge in [0.15, 0.2) is 23.0 Å². The molecule has 3 aromatic heterocycles. The van der Waals surface area contributed by atoms with E-state index in [1.807, 2.05) is 6.20 Å². The number of imidazole rings is 1. The highest BCUT2D eigenvalue weighted by Gasteiger charge is 1.96. The van der Waals surface area contributed by atoms with Crippen molar-refractivity contribution in [2.45, 2.75) is 0 Å². The van der Waals surface area contributed by atoms with Gasteiger partial charge < -0.3 is 25.1 Å². The van der Waals surface area contributed by atoms with Crippen LogP contribution in [0.15, 0.2) is 49.1 Å². The first-order valence-corrected chi connectivity index (χ1v) is 6.63. The summed E-state index contributed by atoms with van der Waals surface area (Å²) in [7, 11) is 0. The lowest BCUT2D eigenvalue weighted by Gasteiger charge is -1.92. The molecule has 0 spiro atoms. The quantitative estimate of drug-likeness (QED) is 0.465. The minimum Gasteiger partial charge on any atom is -0.504 e. The first-order valence-electron chi connectivity index (χ1n) is 6.09. The van der Waals surface area contributed by atoms with Gasteiger partial charge in [0, 0.05) is 24.8 Å². The molecule has 0 aliphatic carbocycles. The number of rotatable bonds is 1. The Morgan fingerprint density at radius 1 is 1.14 bits per heavy atom. The van der Waals surface area contributed by atoms with Crippen LogP contribution >= 0.6 is 11.6 Å². The van der Waals surface area contributed by atoms with Gasteiger partial charge in [-0.1, -0.05) is 0 Å². The fourth-order valence-corrected chi connectivity index (χ4v) is 1.34. The average Bonchev–Trinajstić information content (AvgIpc) is 3.01. The van der Waals surface area contributed by atoms with E-state index < -0.39 is 0 Å². The number of nitrogens with two attached hydrogens (primary N) is 1. The number of carbonyl (C=O) groups is 1. The number of aldehydes is 1. The van der Waals surface area contributed by atoms with Gasteiger partial charge in [0.1, 0.15) is 6.29 Å². The molecule has 0 saturated carbocycles. The Balaban J connectivity index is 0.000000182. The van der Waals surface area contributed by atoms with E-state index in [-0.39, 0.29) is 23.2 Å². The van der Waals surface area contributed by atoms with Crippen LogP contribution < -0.4 is 5.73 Å². The minimum atomic E-state index is 0.0347. The number of fused-ring (bicyclic) bond motifs is 1. The molecule has 0 saturated heterocycles. The van der Waals surface area contributed by atoms with Crippen LogP contribution in [0.25, 0.3) is 5.65 Å². The lowest BCUT2D eigenvalue weighted by molar-refractivity contribution is -0.105. The number of halogens is 1. The molecule has 0 atom stereocenters. The molecule has 0 aromatic carbocycles. The number of alkyl halides is 1. The summed E-state index contributed by atoms with van der Waals surface area (Å²) in [5, 5.41) is 17.9. The standard InChI is InChI=1S/C7H6N2O.C5H6N2O.C2H3ClO/c10-6-2-1-4-9-5-3-8-7(6)9;6-5-4(8)2-1-3-7-5;3-1-2-4/h1-5,10H;1-3,8H,(H2,6,7);2H,1H2. The van der Waals surface area contributed by atoms with Crippen molar-refractivity contribution in [3.63, 3.8) is 0 Å². The molecule has 0 fully saturated rings. The van der Waals surface area contributed by atoms with Gasteiger partial charge in [0.25, 0.3) is 0 Å². The molecule has 7 nitrogen and oxygen atoms in total. The van der Waals surface area contributed by atoms with Crippen LogP contribution in [-0.4, -0.2) is 36.7 Å². The monoisotopic (exact) mass is 322 g/mol. The largest absolute Gasteiger partial charge is 0.504 e. The molecule has 3 rings (SSSR count). The highest BCUT2D eigenvalue weighted by atomic mass is 35.5. The van der Waals surface area contributed by atoms with E-state index in [4.69, 9.17) is 27.2 Å². The zero-order valence-electron chi connectivity index (χ0n) is 11.5. The summed E-state index contributed by atoms with van der Waals surface area (Å²) in [5.41, 5.74) is 5.76. The van der Waals surface area contributed by atoms with Gasteiger partial charge in [-0.15, -0.1) is 11.6 Å². The molecular formula is C14H15ClN4O3. The number of hydrogen-bond donors (Lipinski definition) is 3. The normalized spacial score (nSPS) is 9.14. The third-order valence-corrected chi connectivity index (χ3v) is 2.40. The van der Waals surface area contributed by atoms with Crippen LogP contribution in [0.4, 0.5) is 5.82 Å². The molecule has 22 heavy (non-hydrogen) atoms.